The van der Waals surface area contributed by atoms with E-state index in [0.29, 0.717) is 30.1 Å². The maximum atomic E-state index is 12.7. The number of benzene rings is 1. The van der Waals surface area contributed by atoms with Crippen molar-refractivity contribution in [3.8, 4) is 5.69 Å². The summed E-state index contributed by atoms with van der Waals surface area (Å²) < 4.78 is 39.5. The van der Waals surface area contributed by atoms with Crippen molar-refractivity contribution in [2.45, 2.75) is 31.2 Å². The van der Waals surface area contributed by atoms with E-state index in [0.717, 1.165) is 31.6 Å². The summed E-state index contributed by atoms with van der Waals surface area (Å²) >= 11 is 0. The summed E-state index contributed by atoms with van der Waals surface area (Å²) in [6.07, 6.45) is -3.19. The average Bonchev–Trinajstić information content (AvgIpc) is 3.22. The third-order valence-corrected chi connectivity index (χ3v) is 4.95. The molecular weight excluding hydrogens is 357 g/mol. The Hall–Kier alpha value is -1.71. The predicted molar refractivity (Wildman–Crippen MR) is 86.6 cm³/mol. The molecule has 0 N–H and O–H groups in total. The van der Waals surface area contributed by atoms with E-state index in [-0.39, 0.29) is 12.4 Å². The number of likely N-dealkylation sites (N-methyl/N-ethyl adjacent to an activating group) is 1. The molecule has 4 rings (SSSR count). The van der Waals surface area contributed by atoms with Gasteiger partial charge in [-0.05, 0) is 48.2 Å². The van der Waals surface area contributed by atoms with Crippen LogP contribution in [0.4, 0.5) is 13.2 Å². The minimum Gasteiger partial charge on any atom is -0.301 e. The van der Waals surface area contributed by atoms with Gasteiger partial charge in [0.15, 0.2) is 5.82 Å². The van der Waals surface area contributed by atoms with Crippen LogP contribution >= 0.6 is 12.4 Å². The van der Waals surface area contributed by atoms with Crippen molar-refractivity contribution >= 4 is 12.4 Å². The standard InChI is InChI=1S/C15H17F3N6.ClH/c1-22-7-13-6-12(22)8-23(13)9-14-19-20-21-24(14)11-4-2-10(3-5-11)15(16,17)18;/h2-5,12-13H,6-9H2,1H3;1H/t12-,13-;/m0./s1. The second-order valence-corrected chi connectivity index (χ2v) is 6.46. The summed E-state index contributed by atoms with van der Waals surface area (Å²) in [6, 6.07) is 5.96. The molecule has 10 heteroatoms. The number of aromatic nitrogens is 4. The topological polar surface area (TPSA) is 50.1 Å². The van der Waals surface area contributed by atoms with Gasteiger partial charge in [-0.3, -0.25) is 4.90 Å². The van der Waals surface area contributed by atoms with Crippen LogP contribution in [0.15, 0.2) is 24.3 Å². The van der Waals surface area contributed by atoms with E-state index < -0.39 is 11.7 Å². The first kappa shape index (κ1) is 18.1. The van der Waals surface area contributed by atoms with Crippen molar-refractivity contribution in [2.24, 2.45) is 0 Å². The molecule has 1 aromatic carbocycles. The Bertz CT molecular complexity index is 730. The van der Waals surface area contributed by atoms with Gasteiger partial charge < -0.3 is 4.90 Å². The number of hydrogen-bond donors (Lipinski definition) is 0. The Morgan fingerprint density at radius 2 is 1.84 bits per heavy atom. The second kappa shape index (κ2) is 6.54. The molecule has 2 aliphatic rings. The minimum atomic E-state index is -4.34. The van der Waals surface area contributed by atoms with E-state index in [4.69, 9.17) is 0 Å². The fourth-order valence-electron chi connectivity index (χ4n) is 3.62. The quantitative estimate of drug-likeness (QED) is 0.822. The molecule has 0 aliphatic carbocycles. The van der Waals surface area contributed by atoms with Crippen LogP contribution in [0.5, 0.6) is 0 Å². The number of piperazine rings is 1. The van der Waals surface area contributed by atoms with Crippen molar-refractivity contribution in [1.29, 1.82) is 0 Å². The molecule has 2 atom stereocenters. The molecule has 25 heavy (non-hydrogen) atoms. The van der Waals surface area contributed by atoms with Crippen LogP contribution in [0.3, 0.4) is 0 Å². The Kier molecular flexibility index (Phi) is 4.74. The van der Waals surface area contributed by atoms with Gasteiger partial charge in [0.1, 0.15) is 0 Å². The van der Waals surface area contributed by atoms with Crippen molar-refractivity contribution in [2.75, 3.05) is 20.1 Å². The summed E-state index contributed by atoms with van der Waals surface area (Å²) in [7, 11) is 2.13. The van der Waals surface area contributed by atoms with Crippen LogP contribution in [-0.4, -0.2) is 62.2 Å². The number of likely N-dealkylation sites (tertiary alicyclic amines) is 2. The lowest BCUT2D eigenvalue weighted by atomic mass is 10.2. The molecule has 2 saturated heterocycles. The minimum absolute atomic E-state index is 0. The summed E-state index contributed by atoms with van der Waals surface area (Å²) in [5.41, 5.74) is -0.148. The second-order valence-electron chi connectivity index (χ2n) is 6.46. The summed E-state index contributed by atoms with van der Waals surface area (Å²) in [6.45, 7) is 2.61. The molecule has 0 radical (unpaired) electrons. The maximum Gasteiger partial charge on any atom is 0.416 e. The Labute approximate surface area is 149 Å². The molecule has 0 unspecified atom stereocenters. The van der Waals surface area contributed by atoms with Gasteiger partial charge >= 0.3 is 6.18 Å². The Morgan fingerprint density at radius 3 is 2.40 bits per heavy atom. The SMILES string of the molecule is CN1C[C@@H]2C[C@H]1CN2Cc1nnnn1-c1ccc(C(F)(F)F)cc1.Cl. The monoisotopic (exact) mass is 374 g/mol. The Morgan fingerprint density at radius 1 is 1.12 bits per heavy atom. The van der Waals surface area contributed by atoms with Crippen LogP contribution in [0, 0.1) is 0 Å². The third kappa shape index (κ3) is 3.36. The largest absolute Gasteiger partial charge is 0.416 e. The normalized spacial score (nSPS) is 23.8. The number of nitrogens with zero attached hydrogens (tertiary/aromatic N) is 6. The fraction of sp³-hybridized carbons (Fsp3) is 0.533. The molecule has 2 aromatic rings. The summed E-state index contributed by atoms with van der Waals surface area (Å²) in [5.74, 6) is 0.643. The molecule has 136 valence electrons. The highest BCUT2D eigenvalue weighted by molar-refractivity contribution is 5.85. The molecule has 2 aliphatic heterocycles. The average molecular weight is 375 g/mol. The molecule has 2 bridgehead atoms. The predicted octanol–water partition coefficient (Wildman–Crippen LogP) is 1.99. The maximum absolute atomic E-state index is 12.7. The lowest BCUT2D eigenvalue weighted by Gasteiger charge is -2.31. The van der Waals surface area contributed by atoms with Gasteiger partial charge in [0.2, 0.25) is 0 Å². The molecular formula is C15H18ClF3N6. The van der Waals surface area contributed by atoms with E-state index in [2.05, 4.69) is 32.4 Å². The highest BCUT2D eigenvalue weighted by Gasteiger charge is 2.41. The molecule has 0 amide bonds. The van der Waals surface area contributed by atoms with Crippen LogP contribution in [0.1, 0.15) is 17.8 Å². The van der Waals surface area contributed by atoms with Crippen LogP contribution in [-0.2, 0) is 12.7 Å². The number of alkyl halides is 3. The third-order valence-electron chi connectivity index (χ3n) is 4.95. The molecule has 6 nitrogen and oxygen atoms in total. The number of tetrazole rings is 1. The smallest absolute Gasteiger partial charge is 0.301 e. The first-order chi connectivity index (χ1) is 11.4. The van der Waals surface area contributed by atoms with E-state index in [9.17, 15) is 13.2 Å². The fourth-order valence-corrected chi connectivity index (χ4v) is 3.62. The molecule has 0 saturated carbocycles. The van der Waals surface area contributed by atoms with Crippen LogP contribution < -0.4 is 0 Å². The van der Waals surface area contributed by atoms with Gasteiger partial charge in [-0.15, -0.1) is 17.5 Å². The highest BCUT2D eigenvalue weighted by atomic mass is 35.5. The number of halogens is 4. The molecule has 3 heterocycles. The van der Waals surface area contributed by atoms with E-state index in [1.165, 1.54) is 16.8 Å². The van der Waals surface area contributed by atoms with Crippen LogP contribution in [0.2, 0.25) is 0 Å². The van der Waals surface area contributed by atoms with E-state index in [1.54, 1.807) is 0 Å². The van der Waals surface area contributed by atoms with Crippen LogP contribution in [0.25, 0.3) is 5.69 Å². The lowest BCUT2D eigenvalue weighted by Crippen LogP contribution is -2.44. The van der Waals surface area contributed by atoms with Crippen molar-refractivity contribution in [1.82, 2.24) is 30.0 Å². The number of fused-ring (bicyclic) bond motifs is 2. The molecule has 0 spiro atoms. The number of hydrogen-bond acceptors (Lipinski definition) is 5. The van der Waals surface area contributed by atoms with E-state index >= 15 is 0 Å². The van der Waals surface area contributed by atoms with Crippen molar-refractivity contribution in [3.05, 3.63) is 35.7 Å². The first-order valence-corrected chi connectivity index (χ1v) is 7.81. The van der Waals surface area contributed by atoms with Gasteiger partial charge in [0, 0.05) is 25.2 Å². The molecule has 1 aromatic heterocycles. The highest BCUT2D eigenvalue weighted by Crippen LogP contribution is 2.31. The van der Waals surface area contributed by atoms with Gasteiger partial charge in [-0.1, -0.05) is 0 Å². The van der Waals surface area contributed by atoms with Crippen molar-refractivity contribution in [3.63, 3.8) is 0 Å². The summed E-state index contributed by atoms with van der Waals surface area (Å²) in [4.78, 5) is 4.71. The van der Waals surface area contributed by atoms with Gasteiger partial charge in [-0.25, -0.2) is 0 Å². The zero-order valence-corrected chi connectivity index (χ0v) is 14.3. The first-order valence-electron chi connectivity index (χ1n) is 7.81. The van der Waals surface area contributed by atoms with Gasteiger partial charge in [0.25, 0.3) is 0 Å². The zero-order chi connectivity index (χ0) is 16.9. The molecule has 2 fully saturated rings. The number of rotatable bonds is 3. The zero-order valence-electron chi connectivity index (χ0n) is 13.5. The summed E-state index contributed by atoms with van der Waals surface area (Å²) in [5, 5.41) is 11.7. The Balaban J connectivity index is 0.00000182. The van der Waals surface area contributed by atoms with E-state index in [1.807, 2.05) is 0 Å². The van der Waals surface area contributed by atoms with Gasteiger partial charge in [-0.2, -0.15) is 17.9 Å². The lowest BCUT2D eigenvalue weighted by molar-refractivity contribution is -0.137. The van der Waals surface area contributed by atoms with Crippen molar-refractivity contribution < 1.29 is 13.2 Å². The van der Waals surface area contributed by atoms with Gasteiger partial charge in [0.05, 0.1) is 17.8 Å².